The lowest BCUT2D eigenvalue weighted by atomic mass is 10.2. The molecule has 1 aliphatic carbocycles. The van der Waals surface area contributed by atoms with Gasteiger partial charge >= 0.3 is 0 Å². The van der Waals surface area contributed by atoms with E-state index in [1.165, 1.54) is 0 Å². The molecule has 1 fully saturated rings. The fourth-order valence-corrected chi connectivity index (χ4v) is 2.05. The van der Waals surface area contributed by atoms with Crippen LogP contribution in [-0.4, -0.2) is 22.8 Å². The monoisotopic (exact) mass is 275 g/mol. The molecule has 2 amide bonds. The van der Waals surface area contributed by atoms with Crippen molar-refractivity contribution in [3.8, 4) is 0 Å². The van der Waals surface area contributed by atoms with E-state index in [9.17, 15) is 9.59 Å². The summed E-state index contributed by atoms with van der Waals surface area (Å²) in [5.74, 6) is -0.368. The summed E-state index contributed by atoms with van der Waals surface area (Å²) in [6.45, 7) is 4.45. The number of hydrogen-bond acceptors (Lipinski definition) is 3. The SMILES string of the molecule is CCC(C)NC(=O)C1CC1C(=O)NCc1cccnc1. The van der Waals surface area contributed by atoms with E-state index in [-0.39, 0.29) is 29.7 Å². The summed E-state index contributed by atoms with van der Waals surface area (Å²) in [4.78, 5) is 27.8. The Bertz CT molecular complexity index is 475. The minimum Gasteiger partial charge on any atom is -0.353 e. The molecule has 0 aliphatic heterocycles. The van der Waals surface area contributed by atoms with Crippen LogP contribution in [0.4, 0.5) is 0 Å². The maximum Gasteiger partial charge on any atom is 0.224 e. The topological polar surface area (TPSA) is 71.1 Å². The number of pyridine rings is 1. The van der Waals surface area contributed by atoms with Gasteiger partial charge in [0.1, 0.15) is 0 Å². The standard InChI is InChI=1S/C15H21N3O2/c1-3-10(2)18-15(20)13-7-12(13)14(19)17-9-11-5-4-6-16-8-11/h4-6,8,10,12-13H,3,7,9H2,1-2H3,(H,17,19)(H,18,20). The Balaban J connectivity index is 1.74. The van der Waals surface area contributed by atoms with Gasteiger partial charge in [0.2, 0.25) is 11.8 Å². The molecule has 5 nitrogen and oxygen atoms in total. The van der Waals surface area contributed by atoms with E-state index < -0.39 is 0 Å². The normalized spacial score (nSPS) is 21.9. The van der Waals surface area contributed by atoms with Crippen LogP contribution in [-0.2, 0) is 16.1 Å². The van der Waals surface area contributed by atoms with Gasteiger partial charge in [-0.15, -0.1) is 0 Å². The highest BCUT2D eigenvalue weighted by atomic mass is 16.2. The largest absolute Gasteiger partial charge is 0.353 e. The maximum absolute atomic E-state index is 11.9. The highest BCUT2D eigenvalue weighted by molar-refractivity contribution is 5.92. The predicted octanol–water partition coefficient (Wildman–Crippen LogP) is 1.25. The van der Waals surface area contributed by atoms with E-state index in [0.29, 0.717) is 13.0 Å². The van der Waals surface area contributed by atoms with Crippen molar-refractivity contribution in [3.63, 3.8) is 0 Å². The second-order valence-corrected chi connectivity index (χ2v) is 5.35. The zero-order valence-electron chi connectivity index (χ0n) is 11.9. The van der Waals surface area contributed by atoms with Gasteiger partial charge in [-0.05, 0) is 31.4 Å². The summed E-state index contributed by atoms with van der Waals surface area (Å²) in [5, 5.41) is 5.78. The van der Waals surface area contributed by atoms with E-state index in [1.54, 1.807) is 12.4 Å². The molecule has 2 rings (SSSR count). The Hall–Kier alpha value is -1.91. The summed E-state index contributed by atoms with van der Waals surface area (Å²) in [6.07, 6.45) is 4.97. The number of nitrogens with one attached hydrogen (secondary N) is 2. The highest BCUT2D eigenvalue weighted by Gasteiger charge is 2.47. The minimum absolute atomic E-state index is 0.000813. The summed E-state index contributed by atoms with van der Waals surface area (Å²) >= 11 is 0. The van der Waals surface area contributed by atoms with E-state index in [4.69, 9.17) is 0 Å². The van der Waals surface area contributed by atoms with Crippen molar-refractivity contribution in [3.05, 3.63) is 30.1 Å². The van der Waals surface area contributed by atoms with E-state index >= 15 is 0 Å². The third-order valence-corrected chi connectivity index (χ3v) is 3.65. The van der Waals surface area contributed by atoms with Gasteiger partial charge in [0.15, 0.2) is 0 Å². The van der Waals surface area contributed by atoms with Crippen LogP contribution in [0, 0.1) is 11.8 Å². The quantitative estimate of drug-likeness (QED) is 0.820. The van der Waals surface area contributed by atoms with Crippen molar-refractivity contribution in [2.75, 3.05) is 0 Å². The second-order valence-electron chi connectivity index (χ2n) is 5.35. The van der Waals surface area contributed by atoms with Crippen LogP contribution in [0.15, 0.2) is 24.5 Å². The molecule has 1 aromatic heterocycles. The molecule has 3 unspecified atom stereocenters. The van der Waals surface area contributed by atoms with Crippen molar-refractivity contribution < 1.29 is 9.59 Å². The predicted molar refractivity (Wildman–Crippen MR) is 75.6 cm³/mol. The van der Waals surface area contributed by atoms with E-state index in [1.807, 2.05) is 26.0 Å². The Labute approximate surface area is 119 Å². The zero-order chi connectivity index (χ0) is 14.5. The average Bonchev–Trinajstić information content (AvgIpc) is 3.26. The Morgan fingerprint density at radius 1 is 1.40 bits per heavy atom. The minimum atomic E-state index is -0.171. The van der Waals surface area contributed by atoms with Gasteiger partial charge in [0.25, 0.3) is 0 Å². The number of carbonyl (C=O) groups excluding carboxylic acids is 2. The van der Waals surface area contributed by atoms with Gasteiger partial charge < -0.3 is 10.6 Å². The molecule has 3 atom stereocenters. The van der Waals surface area contributed by atoms with Crippen LogP contribution in [0.1, 0.15) is 32.3 Å². The molecule has 5 heteroatoms. The summed E-state index contributed by atoms with van der Waals surface area (Å²) < 4.78 is 0. The molecule has 0 radical (unpaired) electrons. The molecule has 0 bridgehead atoms. The molecule has 1 aliphatic rings. The summed E-state index contributed by atoms with van der Waals surface area (Å²) in [6, 6.07) is 3.91. The molecule has 1 saturated carbocycles. The fraction of sp³-hybridized carbons (Fsp3) is 0.533. The van der Waals surface area contributed by atoms with Gasteiger partial charge in [-0.25, -0.2) is 0 Å². The first-order valence-electron chi connectivity index (χ1n) is 7.08. The van der Waals surface area contributed by atoms with Crippen LogP contribution in [0.25, 0.3) is 0 Å². The van der Waals surface area contributed by atoms with Crippen molar-refractivity contribution in [1.82, 2.24) is 15.6 Å². The molecular formula is C15H21N3O2. The van der Waals surface area contributed by atoms with Gasteiger partial charge in [0.05, 0.1) is 11.8 Å². The van der Waals surface area contributed by atoms with Crippen molar-refractivity contribution in [1.29, 1.82) is 0 Å². The van der Waals surface area contributed by atoms with Gasteiger partial charge in [-0.1, -0.05) is 13.0 Å². The van der Waals surface area contributed by atoms with E-state index in [2.05, 4.69) is 15.6 Å². The molecule has 1 aromatic rings. The number of hydrogen-bond donors (Lipinski definition) is 2. The van der Waals surface area contributed by atoms with Crippen LogP contribution < -0.4 is 10.6 Å². The van der Waals surface area contributed by atoms with Gasteiger partial charge in [0, 0.05) is 25.0 Å². The first kappa shape index (κ1) is 14.5. The van der Waals surface area contributed by atoms with E-state index in [0.717, 1.165) is 12.0 Å². The third-order valence-electron chi connectivity index (χ3n) is 3.65. The summed E-state index contributed by atoms with van der Waals surface area (Å²) in [5.41, 5.74) is 0.960. The van der Waals surface area contributed by atoms with Crippen LogP contribution in [0.3, 0.4) is 0 Å². The van der Waals surface area contributed by atoms with Crippen molar-refractivity contribution in [2.45, 2.75) is 39.3 Å². The lowest BCUT2D eigenvalue weighted by molar-refractivity contribution is -0.127. The highest BCUT2D eigenvalue weighted by Crippen LogP contribution is 2.38. The Kier molecular flexibility index (Phi) is 4.71. The number of nitrogens with zero attached hydrogens (tertiary/aromatic N) is 1. The Morgan fingerprint density at radius 2 is 2.15 bits per heavy atom. The second kappa shape index (κ2) is 6.50. The number of carbonyl (C=O) groups is 2. The lowest BCUT2D eigenvalue weighted by Crippen LogP contribution is -2.35. The molecule has 0 saturated heterocycles. The number of aromatic nitrogens is 1. The number of amides is 2. The molecule has 2 N–H and O–H groups in total. The molecule has 1 heterocycles. The smallest absolute Gasteiger partial charge is 0.224 e. The first-order valence-corrected chi connectivity index (χ1v) is 7.08. The number of rotatable bonds is 6. The van der Waals surface area contributed by atoms with Crippen LogP contribution in [0.2, 0.25) is 0 Å². The Morgan fingerprint density at radius 3 is 2.80 bits per heavy atom. The lowest BCUT2D eigenvalue weighted by Gasteiger charge is -2.11. The fourth-order valence-electron chi connectivity index (χ4n) is 2.05. The van der Waals surface area contributed by atoms with Crippen molar-refractivity contribution in [2.24, 2.45) is 11.8 Å². The van der Waals surface area contributed by atoms with Gasteiger partial charge in [-0.2, -0.15) is 0 Å². The molecule has 0 aromatic carbocycles. The first-order chi connectivity index (χ1) is 9.61. The zero-order valence-corrected chi connectivity index (χ0v) is 11.9. The third kappa shape index (κ3) is 3.79. The average molecular weight is 275 g/mol. The van der Waals surface area contributed by atoms with Crippen LogP contribution in [0.5, 0.6) is 0 Å². The molecule has 20 heavy (non-hydrogen) atoms. The van der Waals surface area contributed by atoms with Crippen molar-refractivity contribution >= 4 is 11.8 Å². The molecule has 0 spiro atoms. The van der Waals surface area contributed by atoms with Gasteiger partial charge in [-0.3, -0.25) is 14.6 Å². The maximum atomic E-state index is 11.9. The van der Waals surface area contributed by atoms with Crippen LogP contribution >= 0.6 is 0 Å². The molecule has 108 valence electrons. The molecular weight excluding hydrogens is 254 g/mol. The summed E-state index contributed by atoms with van der Waals surface area (Å²) in [7, 11) is 0.